The normalized spacial score (nSPS) is 26.6. The molecule has 0 aromatic heterocycles. The van der Waals surface area contributed by atoms with Crippen molar-refractivity contribution < 1.29 is 8.78 Å². The average molecular weight is 211 g/mol. The van der Waals surface area contributed by atoms with Gasteiger partial charge in [-0.05, 0) is 49.3 Å². The summed E-state index contributed by atoms with van der Waals surface area (Å²) in [6.45, 7) is 0. The molecule has 0 atom stereocenters. The van der Waals surface area contributed by atoms with Crippen LogP contribution < -0.4 is 5.73 Å². The Bertz CT molecular complexity index is 323. The van der Waals surface area contributed by atoms with Crippen LogP contribution in [-0.2, 0) is 0 Å². The summed E-state index contributed by atoms with van der Waals surface area (Å²) < 4.78 is 26.0. The van der Waals surface area contributed by atoms with Crippen LogP contribution in [0.1, 0.15) is 37.2 Å². The molecule has 0 amide bonds. The molecular weight excluding hydrogens is 196 g/mol. The van der Waals surface area contributed by atoms with Crippen molar-refractivity contribution in [3.63, 3.8) is 0 Å². The topological polar surface area (TPSA) is 26.0 Å². The van der Waals surface area contributed by atoms with Crippen LogP contribution in [0.25, 0.3) is 0 Å². The highest BCUT2D eigenvalue weighted by Gasteiger charge is 2.20. The van der Waals surface area contributed by atoms with Crippen molar-refractivity contribution in [2.24, 2.45) is 5.73 Å². The van der Waals surface area contributed by atoms with E-state index in [2.05, 4.69) is 0 Å². The first-order chi connectivity index (χ1) is 7.15. The van der Waals surface area contributed by atoms with Gasteiger partial charge in [0.1, 0.15) is 11.6 Å². The lowest BCUT2D eigenvalue weighted by Gasteiger charge is -2.26. The minimum absolute atomic E-state index is 0.264. The Morgan fingerprint density at radius 3 is 2.00 bits per heavy atom. The maximum absolute atomic E-state index is 13.0. The molecule has 0 unspecified atom stereocenters. The number of nitrogens with two attached hydrogens (primary N) is 1. The van der Waals surface area contributed by atoms with Gasteiger partial charge in [0.05, 0.1) is 0 Å². The van der Waals surface area contributed by atoms with Crippen LogP contribution >= 0.6 is 0 Å². The van der Waals surface area contributed by atoms with E-state index < -0.39 is 11.6 Å². The largest absolute Gasteiger partial charge is 0.328 e. The van der Waals surface area contributed by atoms with Crippen molar-refractivity contribution in [3.8, 4) is 0 Å². The van der Waals surface area contributed by atoms with Gasteiger partial charge in [0.2, 0.25) is 0 Å². The predicted octanol–water partition coefficient (Wildman–Crippen LogP) is 2.95. The van der Waals surface area contributed by atoms with Gasteiger partial charge in [-0.25, -0.2) is 8.78 Å². The molecule has 1 nitrogen and oxygen atoms in total. The fourth-order valence-electron chi connectivity index (χ4n) is 2.26. The first kappa shape index (κ1) is 10.6. The van der Waals surface area contributed by atoms with Gasteiger partial charge in [0.25, 0.3) is 0 Å². The Labute approximate surface area is 88.3 Å². The number of rotatable bonds is 1. The van der Waals surface area contributed by atoms with Gasteiger partial charge >= 0.3 is 0 Å². The molecule has 0 heterocycles. The third kappa shape index (κ3) is 2.53. The smallest absolute Gasteiger partial charge is 0.126 e. The maximum Gasteiger partial charge on any atom is 0.126 e. The molecule has 1 aromatic rings. The molecular formula is C12H15F2N. The van der Waals surface area contributed by atoms with E-state index in [4.69, 9.17) is 5.73 Å². The lowest BCUT2D eigenvalue weighted by Crippen LogP contribution is -2.25. The van der Waals surface area contributed by atoms with Crippen LogP contribution in [0.5, 0.6) is 0 Å². The van der Waals surface area contributed by atoms with Gasteiger partial charge in [-0.2, -0.15) is 0 Å². The predicted molar refractivity (Wildman–Crippen MR) is 55.5 cm³/mol. The third-order valence-electron chi connectivity index (χ3n) is 3.13. The van der Waals surface area contributed by atoms with Crippen molar-refractivity contribution >= 4 is 0 Å². The number of benzene rings is 1. The molecule has 1 aliphatic carbocycles. The van der Waals surface area contributed by atoms with Crippen molar-refractivity contribution in [2.45, 2.75) is 37.6 Å². The van der Waals surface area contributed by atoms with Crippen LogP contribution in [0, 0.1) is 11.6 Å². The molecule has 0 saturated heterocycles. The summed E-state index contributed by atoms with van der Waals surface area (Å²) in [4.78, 5) is 0. The Morgan fingerprint density at radius 1 is 0.933 bits per heavy atom. The summed E-state index contributed by atoms with van der Waals surface area (Å²) >= 11 is 0. The lowest BCUT2D eigenvalue weighted by atomic mass is 9.82. The molecule has 0 aliphatic heterocycles. The second kappa shape index (κ2) is 4.27. The van der Waals surface area contributed by atoms with Crippen molar-refractivity contribution in [3.05, 3.63) is 35.4 Å². The minimum atomic E-state index is -0.486. The molecule has 0 radical (unpaired) electrons. The van der Waals surface area contributed by atoms with Crippen LogP contribution in [0.15, 0.2) is 18.2 Å². The van der Waals surface area contributed by atoms with E-state index in [9.17, 15) is 8.78 Å². The van der Waals surface area contributed by atoms with E-state index in [1.54, 1.807) is 0 Å². The van der Waals surface area contributed by atoms with Crippen LogP contribution in [-0.4, -0.2) is 6.04 Å². The van der Waals surface area contributed by atoms with E-state index in [-0.39, 0.29) is 12.0 Å². The van der Waals surface area contributed by atoms with E-state index in [0.29, 0.717) is 0 Å². The van der Waals surface area contributed by atoms with Crippen molar-refractivity contribution in [1.82, 2.24) is 0 Å². The molecule has 1 aliphatic rings. The van der Waals surface area contributed by atoms with E-state index in [0.717, 1.165) is 37.3 Å². The van der Waals surface area contributed by atoms with Crippen LogP contribution in [0.2, 0.25) is 0 Å². The molecule has 0 spiro atoms. The van der Waals surface area contributed by atoms with E-state index in [1.807, 2.05) is 0 Å². The Balaban J connectivity index is 2.15. The van der Waals surface area contributed by atoms with Crippen LogP contribution in [0.3, 0.4) is 0 Å². The van der Waals surface area contributed by atoms with Gasteiger partial charge in [-0.3, -0.25) is 0 Å². The molecule has 1 saturated carbocycles. The van der Waals surface area contributed by atoms with Crippen LogP contribution in [0.4, 0.5) is 8.78 Å². The second-order valence-corrected chi connectivity index (χ2v) is 4.31. The summed E-state index contributed by atoms with van der Waals surface area (Å²) in [6, 6.07) is 4.05. The first-order valence-electron chi connectivity index (χ1n) is 5.37. The maximum atomic E-state index is 13.0. The van der Waals surface area contributed by atoms with Gasteiger partial charge in [-0.1, -0.05) is 0 Å². The highest BCUT2D eigenvalue weighted by Crippen LogP contribution is 2.32. The summed E-state index contributed by atoms with van der Waals surface area (Å²) in [7, 11) is 0. The zero-order chi connectivity index (χ0) is 10.8. The molecule has 2 N–H and O–H groups in total. The highest BCUT2D eigenvalue weighted by molar-refractivity contribution is 5.22. The van der Waals surface area contributed by atoms with Gasteiger partial charge < -0.3 is 5.73 Å². The molecule has 1 aromatic carbocycles. The molecule has 0 bridgehead atoms. The quantitative estimate of drug-likeness (QED) is 0.759. The standard InChI is InChI=1S/C12H15F2N/c13-10-5-9(6-11(14)7-10)8-1-3-12(15)4-2-8/h5-8,12H,1-4,15H2. The van der Waals surface area contributed by atoms with Crippen molar-refractivity contribution in [2.75, 3.05) is 0 Å². The first-order valence-corrected chi connectivity index (χ1v) is 5.37. The Morgan fingerprint density at radius 2 is 1.47 bits per heavy atom. The number of halogens is 2. The molecule has 1 fully saturated rings. The highest BCUT2D eigenvalue weighted by atomic mass is 19.1. The summed E-state index contributed by atoms with van der Waals surface area (Å²) in [5.74, 6) is -0.699. The van der Waals surface area contributed by atoms with Crippen molar-refractivity contribution in [1.29, 1.82) is 0 Å². The molecule has 82 valence electrons. The minimum Gasteiger partial charge on any atom is -0.328 e. The lowest BCUT2D eigenvalue weighted by molar-refractivity contribution is 0.393. The van der Waals surface area contributed by atoms with Gasteiger partial charge in [-0.15, -0.1) is 0 Å². The average Bonchev–Trinajstić information content (AvgIpc) is 2.17. The van der Waals surface area contributed by atoms with Gasteiger partial charge in [0.15, 0.2) is 0 Å². The molecule has 15 heavy (non-hydrogen) atoms. The van der Waals surface area contributed by atoms with Gasteiger partial charge in [0, 0.05) is 12.1 Å². The summed E-state index contributed by atoms with van der Waals surface area (Å²) in [6.07, 6.45) is 3.76. The zero-order valence-corrected chi connectivity index (χ0v) is 8.55. The van der Waals surface area contributed by atoms with E-state index >= 15 is 0 Å². The number of hydrogen-bond acceptors (Lipinski definition) is 1. The second-order valence-electron chi connectivity index (χ2n) is 4.31. The summed E-state index contributed by atoms with van der Waals surface area (Å²) in [5, 5.41) is 0. The number of hydrogen-bond donors (Lipinski definition) is 1. The fourth-order valence-corrected chi connectivity index (χ4v) is 2.26. The van der Waals surface area contributed by atoms with E-state index in [1.165, 1.54) is 12.1 Å². The third-order valence-corrected chi connectivity index (χ3v) is 3.13. The fraction of sp³-hybridized carbons (Fsp3) is 0.500. The molecule has 3 heteroatoms. The Hall–Kier alpha value is -0.960. The summed E-state index contributed by atoms with van der Waals surface area (Å²) in [5.41, 5.74) is 6.56. The molecule has 2 rings (SSSR count). The Kier molecular flexibility index (Phi) is 3.00. The zero-order valence-electron chi connectivity index (χ0n) is 8.55. The monoisotopic (exact) mass is 211 g/mol. The SMILES string of the molecule is NC1CCC(c2cc(F)cc(F)c2)CC1.